The predicted molar refractivity (Wildman–Crippen MR) is 79.3 cm³/mol. The molecule has 0 spiro atoms. The topological polar surface area (TPSA) is 57.2 Å². The van der Waals surface area contributed by atoms with E-state index < -0.39 is 0 Å². The van der Waals surface area contributed by atoms with Crippen molar-refractivity contribution < 1.29 is 9.21 Å². The highest BCUT2D eigenvalue weighted by Crippen LogP contribution is 2.32. The lowest BCUT2D eigenvalue weighted by Gasteiger charge is -2.37. The number of amides is 1. The average molecular weight is 301 g/mol. The standard InChI is InChI=1S/C16H13ClN2O2/c17-15-8-7-14(21-15)16(20)19(12-4-2-5-12)13-6-1-3-11(9-13)10-18/h1,3,6-9,12H,2,4-5H2. The molecular weight excluding hydrogens is 288 g/mol. The third kappa shape index (κ3) is 2.65. The Morgan fingerprint density at radius 2 is 2.14 bits per heavy atom. The number of furan rings is 1. The van der Waals surface area contributed by atoms with Crippen LogP contribution >= 0.6 is 11.6 Å². The molecule has 1 aromatic carbocycles. The Labute approximate surface area is 127 Å². The van der Waals surface area contributed by atoms with E-state index in [1.807, 2.05) is 6.07 Å². The molecule has 106 valence electrons. The van der Waals surface area contributed by atoms with Crippen LogP contribution in [0, 0.1) is 11.3 Å². The minimum Gasteiger partial charge on any atom is -0.440 e. The van der Waals surface area contributed by atoms with E-state index in [-0.39, 0.29) is 22.9 Å². The fourth-order valence-electron chi connectivity index (χ4n) is 2.41. The summed E-state index contributed by atoms with van der Waals surface area (Å²) in [7, 11) is 0. The second-order valence-corrected chi connectivity index (χ2v) is 5.40. The van der Waals surface area contributed by atoms with Crippen molar-refractivity contribution in [3.8, 4) is 6.07 Å². The molecule has 0 aliphatic heterocycles. The molecule has 5 heteroatoms. The minimum absolute atomic E-state index is 0.148. The number of carbonyl (C=O) groups is 1. The van der Waals surface area contributed by atoms with Crippen LogP contribution < -0.4 is 4.90 Å². The summed E-state index contributed by atoms with van der Waals surface area (Å²) in [5, 5.41) is 9.22. The smallest absolute Gasteiger partial charge is 0.294 e. The molecule has 0 radical (unpaired) electrons. The molecule has 3 rings (SSSR count). The zero-order valence-electron chi connectivity index (χ0n) is 11.3. The van der Waals surface area contributed by atoms with Crippen LogP contribution in [0.1, 0.15) is 35.4 Å². The number of nitriles is 1. The number of benzene rings is 1. The second-order valence-electron chi connectivity index (χ2n) is 5.03. The number of hydrogen-bond acceptors (Lipinski definition) is 3. The highest BCUT2D eigenvalue weighted by atomic mass is 35.5. The summed E-state index contributed by atoms with van der Waals surface area (Å²) in [5.41, 5.74) is 1.25. The van der Waals surface area contributed by atoms with Gasteiger partial charge < -0.3 is 9.32 Å². The Kier molecular flexibility index (Phi) is 3.68. The lowest BCUT2D eigenvalue weighted by Crippen LogP contribution is -2.44. The number of hydrogen-bond donors (Lipinski definition) is 0. The summed E-state index contributed by atoms with van der Waals surface area (Å²) in [5.74, 6) is -0.00375. The van der Waals surface area contributed by atoms with Gasteiger partial charge in [0.15, 0.2) is 11.0 Å². The van der Waals surface area contributed by atoms with Crippen molar-refractivity contribution in [2.24, 2.45) is 0 Å². The Hall–Kier alpha value is -2.25. The van der Waals surface area contributed by atoms with E-state index in [2.05, 4.69) is 6.07 Å². The summed E-state index contributed by atoms with van der Waals surface area (Å²) in [6.45, 7) is 0. The lowest BCUT2D eigenvalue weighted by molar-refractivity contribution is 0.0937. The van der Waals surface area contributed by atoms with Crippen molar-refractivity contribution >= 4 is 23.2 Å². The Balaban J connectivity index is 1.97. The normalized spacial score (nSPS) is 14.3. The molecule has 4 nitrogen and oxygen atoms in total. The fraction of sp³-hybridized carbons (Fsp3) is 0.250. The number of carbonyl (C=O) groups excluding carboxylic acids is 1. The van der Waals surface area contributed by atoms with Crippen LogP contribution in [0.5, 0.6) is 0 Å². The van der Waals surface area contributed by atoms with E-state index in [0.717, 1.165) is 24.9 Å². The monoisotopic (exact) mass is 300 g/mol. The van der Waals surface area contributed by atoms with Crippen LogP contribution in [-0.2, 0) is 0 Å². The van der Waals surface area contributed by atoms with Crippen LogP contribution in [0.25, 0.3) is 0 Å². The summed E-state index contributed by atoms with van der Waals surface area (Å²) < 4.78 is 5.23. The van der Waals surface area contributed by atoms with Gasteiger partial charge in [-0.25, -0.2) is 0 Å². The van der Waals surface area contributed by atoms with Crippen molar-refractivity contribution in [1.29, 1.82) is 5.26 Å². The molecule has 1 aromatic heterocycles. The molecule has 0 bridgehead atoms. The first-order chi connectivity index (χ1) is 10.2. The zero-order valence-corrected chi connectivity index (χ0v) is 12.0. The summed E-state index contributed by atoms with van der Waals surface area (Å²) in [6.07, 6.45) is 3.01. The maximum absolute atomic E-state index is 12.7. The molecule has 0 atom stereocenters. The quantitative estimate of drug-likeness (QED) is 0.860. The highest BCUT2D eigenvalue weighted by molar-refractivity contribution is 6.29. The van der Waals surface area contributed by atoms with E-state index in [4.69, 9.17) is 21.3 Å². The van der Waals surface area contributed by atoms with Crippen molar-refractivity contribution in [2.75, 3.05) is 4.90 Å². The first-order valence-corrected chi connectivity index (χ1v) is 7.16. The molecule has 0 unspecified atom stereocenters. The maximum Gasteiger partial charge on any atom is 0.294 e. The average Bonchev–Trinajstić information content (AvgIpc) is 2.88. The van der Waals surface area contributed by atoms with Gasteiger partial charge in [-0.05, 0) is 61.2 Å². The Bertz CT molecular complexity index is 713. The Morgan fingerprint density at radius 3 is 2.71 bits per heavy atom. The van der Waals surface area contributed by atoms with Gasteiger partial charge in [-0.15, -0.1) is 0 Å². The molecule has 2 aromatic rings. The molecule has 1 saturated carbocycles. The van der Waals surface area contributed by atoms with Crippen molar-refractivity contribution in [3.05, 3.63) is 52.9 Å². The molecule has 0 N–H and O–H groups in total. The van der Waals surface area contributed by atoms with Gasteiger partial charge in [-0.1, -0.05) is 6.07 Å². The third-order valence-electron chi connectivity index (χ3n) is 3.70. The van der Waals surface area contributed by atoms with Crippen LogP contribution in [0.4, 0.5) is 5.69 Å². The van der Waals surface area contributed by atoms with Crippen molar-refractivity contribution in [1.82, 2.24) is 0 Å². The highest BCUT2D eigenvalue weighted by Gasteiger charge is 2.32. The third-order valence-corrected chi connectivity index (χ3v) is 3.90. The molecule has 1 heterocycles. The number of nitrogens with zero attached hydrogens (tertiary/aromatic N) is 2. The molecular formula is C16H13ClN2O2. The molecule has 1 fully saturated rings. The summed E-state index contributed by atoms with van der Waals surface area (Å²) >= 11 is 5.75. The molecule has 1 aliphatic carbocycles. The van der Waals surface area contributed by atoms with Gasteiger partial charge >= 0.3 is 0 Å². The first-order valence-electron chi connectivity index (χ1n) is 6.78. The van der Waals surface area contributed by atoms with E-state index in [1.165, 1.54) is 0 Å². The first kappa shape index (κ1) is 13.7. The maximum atomic E-state index is 12.7. The SMILES string of the molecule is N#Cc1cccc(N(C(=O)c2ccc(Cl)o2)C2CCC2)c1. The van der Waals surface area contributed by atoms with E-state index in [0.29, 0.717) is 5.56 Å². The van der Waals surface area contributed by atoms with E-state index >= 15 is 0 Å². The van der Waals surface area contributed by atoms with Gasteiger partial charge in [0.2, 0.25) is 0 Å². The van der Waals surface area contributed by atoms with Crippen LogP contribution in [0.3, 0.4) is 0 Å². The summed E-state index contributed by atoms with van der Waals surface area (Å²) in [6, 6.07) is 12.4. The molecule has 21 heavy (non-hydrogen) atoms. The fourth-order valence-corrected chi connectivity index (χ4v) is 2.56. The molecule has 1 amide bonds. The predicted octanol–water partition coefficient (Wildman–Crippen LogP) is 4.00. The van der Waals surface area contributed by atoms with Crippen LogP contribution in [-0.4, -0.2) is 11.9 Å². The second kappa shape index (κ2) is 5.63. The zero-order chi connectivity index (χ0) is 14.8. The summed E-state index contributed by atoms with van der Waals surface area (Å²) in [4.78, 5) is 14.4. The van der Waals surface area contributed by atoms with Gasteiger partial charge in [-0.2, -0.15) is 5.26 Å². The number of anilines is 1. The van der Waals surface area contributed by atoms with Crippen molar-refractivity contribution in [2.45, 2.75) is 25.3 Å². The van der Waals surface area contributed by atoms with Crippen LogP contribution in [0.2, 0.25) is 5.22 Å². The van der Waals surface area contributed by atoms with E-state index in [9.17, 15) is 4.79 Å². The lowest BCUT2D eigenvalue weighted by atomic mass is 9.90. The van der Waals surface area contributed by atoms with Crippen LogP contribution in [0.15, 0.2) is 40.8 Å². The Morgan fingerprint density at radius 1 is 1.33 bits per heavy atom. The van der Waals surface area contributed by atoms with Gasteiger partial charge in [0.05, 0.1) is 11.6 Å². The minimum atomic E-state index is -0.221. The molecule has 0 saturated heterocycles. The van der Waals surface area contributed by atoms with Gasteiger partial charge in [0.1, 0.15) is 0 Å². The van der Waals surface area contributed by atoms with Crippen molar-refractivity contribution in [3.63, 3.8) is 0 Å². The number of rotatable bonds is 3. The largest absolute Gasteiger partial charge is 0.440 e. The molecule has 1 aliphatic rings. The van der Waals surface area contributed by atoms with Gasteiger partial charge in [0.25, 0.3) is 5.91 Å². The number of halogens is 1. The van der Waals surface area contributed by atoms with E-state index in [1.54, 1.807) is 35.2 Å². The van der Waals surface area contributed by atoms with Gasteiger partial charge in [0, 0.05) is 11.7 Å². The van der Waals surface area contributed by atoms with Gasteiger partial charge in [-0.3, -0.25) is 4.79 Å².